The van der Waals surface area contributed by atoms with Crippen LogP contribution in [-0.2, 0) is 16.2 Å². The van der Waals surface area contributed by atoms with Gasteiger partial charge in [-0.25, -0.2) is 19.6 Å². The summed E-state index contributed by atoms with van der Waals surface area (Å²) in [5, 5.41) is 8.22. The summed E-state index contributed by atoms with van der Waals surface area (Å²) >= 11 is 0. The maximum atomic E-state index is 5.80. The quantitative estimate of drug-likeness (QED) is 0.447. The summed E-state index contributed by atoms with van der Waals surface area (Å²) in [4.78, 5) is 17.9. The van der Waals surface area contributed by atoms with Gasteiger partial charge in [-0.2, -0.15) is 0 Å². The summed E-state index contributed by atoms with van der Waals surface area (Å²) in [5.41, 5.74) is 0. The van der Waals surface area contributed by atoms with Crippen molar-refractivity contribution in [2.75, 3.05) is 61.1 Å². The third-order valence-corrected chi connectivity index (χ3v) is 7.49. The summed E-state index contributed by atoms with van der Waals surface area (Å²) in [6.07, 6.45) is 5.58. The predicted molar refractivity (Wildman–Crippen MR) is 128 cm³/mol. The summed E-state index contributed by atoms with van der Waals surface area (Å²) in [7, 11) is -1.07. The molecule has 10 nitrogen and oxygen atoms in total. The van der Waals surface area contributed by atoms with Crippen molar-refractivity contribution in [2.24, 2.45) is 0 Å². The highest BCUT2D eigenvalue weighted by atomic mass is 28.3. The molecule has 2 saturated heterocycles. The number of nitrogens with one attached hydrogen (secondary N) is 1. The van der Waals surface area contributed by atoms with Crippen molar-refractivity contribution >= 4 is 25.7 Å². The van der Waals surface area contributed by atoms with E-state index in [1.54, 1.807) is 17.3 Å². The number of hydrogen-bond donors (Lipinski definition) is 1. The summed E-state index contributed by atoms with van der Waals surface area (Å²) in [6.45, 7) is 13.3. The van der Waals surface area contributed by atoms with E-state index in [0.717, 1.165) is 82.5 Å². The van der Waals surface area contributed by atoms with E-state index in [-0.39, 0.29) is 6.04 Å². The second-order valence-corrected chi connectivity index (χ2v) is 15.3. The second-order valence-electron chi connectivity index (χ2n) is 9.72. The lowest BCUT2D eigenvalue weighted by Crippen LogP contribution is -2.43. The Hall–Kier alpha value is -2.24. The second kappa shape index (κ2) is 10.6. The van der Waals surface area contributed by atoms with Crippen molar-refractivity contribution in [1.82, 2.24) is 24.7 Å². The van der Waals surface area contributed by atoms with Crippen LogP contribution in [-0.4, -0.2) is 84.8 Å². The molecule has 0 aliphatic carbocycles. The van der Waals surface area contributed by atoms with Gasteiger partial charge in [0, 0.05) is 53.0 Å². The van der Waals surface area contributed by atoms with Gasteiger partial charge in [0.1, 0.15) is 31.0 Å². The monoisotopic (exact) mass is 460 g/mol. The molecule has 1 N–H and O–H groups in total. The van der Waals surface area contributed by atoms with Gasteiger partial charge >= 0.3 is 0 Å². The lowest BCUT2D eigenvalue weighted by atomic mass is 10.1. The van der Waals surface area contributed by atoms with Crippen molar-refractivity contribution in [3.05, 3.63) is 18.7 Å². The van der Waals surface area contributed by atoms with Gasteiger partial charge in [0.15, 0.2) is 0 Å². The topological polar surface area (TPSA) is 93.5 Å². The van der Waals surface area contributed by atoms with Gasteiger partial charge in [-0.3, -0.25) is 0 Å². The van der Waals surface area contributed by atoms with Gasteiger partial charge in [-0.15, -0.1) is 5.10 Å². The Balaban J connectivity index is 1.29. The normalized spacial score (nSPS) is 19.9. The van der Waals surface area contributed by atoms with Crippen LogP contribution < -0.4 is 15.1 Å². The zero-order valence-electron chi connectivity index (χ0n) is 19.5. The van der Waals surface area contributed by atoms with Crippen LogP contribution in [0.1, 0.15) is 12.8 Å². The molecular weight excluding hydrogens is 424 g/mol. The van der Waals surface area contributed by atoms with Gasteiger partial charge < -0.3 is 24.6 Å². The number of aromatic nitrogens is 5. The molecule has 2 aliphatic heterocycles. The van der Waals surface area contributed by atoms with Crippen LogP contribution >= 0.6 is 0 Å². The predicted octanol–water partition coefficient (Wildman–Crippen LogP) is 2.30. The number of nitrogens with zero attached hydrogens (tertiary/aromatic N) is 7. The maximum absolute atomic E-state index is 5.80. The molecule has 0 radical (unpaired) electrons. The minimum atomic E-state index is -1.07. The first kappa shape index (κ1) is 22.9. The molecule has 4 heterocycles. The fourth-order valence-electron chi connectivity index (χ4n) is 3.91. The molecule has 176 valence electrons. The third-order valence-electron chi connectivity index (χ3n) is 5.79. The van der Waals surface area contributed by atoms with Crippen molar-refractivity contribution in [3.63, 3.8) is 0 Å². The third kappa shape index (κ3) is 6.63. The molecule has 1 atom stereocenters. The molecule has 2 fully saturated rings. The van der Waals surface area contributed by atoms with Crippen LogP contribution in [0.2, 0.25) is 25.7 Å². The first-order valence-corrected chi connectivity index (χ1v) is 15.3. The van der Waals surface area contributed by atoms with E-state index in [4.69, 9.17) is 9.47 Å². The van der Waals surface area contributed by atoms with Gasteiger partial charge in [-0.1, -0.05) is 19.6 Å². The average Bonchev–Trinajstić information content (AvgIpc) is 3.26. The van der Waals surface area contributed by atoms with E-state index in [9.17, 15) is 0 Å². The minimum absolute atomic E-state index is 0.288. The minimum Gasteiger partial charge on any atom is -0.378 e. The fraction of sp³-hybridized carbons (Fsp3) is 0.714. The highest BCUT2D eigenvalue weighted by molar-refractivity contribution is 6.76. The highest BCUT2D eigenvalue weighted by Gasteiger charge is 2.23. The van der Waals surface area contributed by atoms with Gasteiger partial charge in [-0.05, 0) is 18.9 Å². The van der Waals surface area contributed by atoms with Crippen LogP contribution in [0.3, 0.4) is 0 Å². The molecule has 0 bridgehead atoms. The molecule has 2 aliphatic rings. The summed E-state index contributed by atoms with van der Waals surface area (Å²) in [6, 6.07) is 3.48. The molecule has 4 rings (SSSR count). The molecule has 32 heavy (non-hydrogen) atoms. The highest BCUT2D eigenvalue weighted by Crippen LogP contribution is 2.21. The van der Waals surface area contributed by atoms with Crippen LogP contribution in [0.4, 0.5) is 17.6 Å². The Kier molecular flexibility index (Phi) is 7.58. The molecule has 11 heteroatoms. The first-order chi connectivity index (χ1) is 15.5. The Morgan fingerprint density at radius 2 is 1.97 bits per heavy atom. The standard InChI is InChI=1S/C21H36N8O2Si/c1-32(2,3)12-11-31-17-29-16-24-21(26-29)28-6-4-5-18(14-28)25-19-13-20(23-15-22-19)27-7-9-30-10-8-27/h13,15-16,18H,4-12,14,17H2,1-3H3,(H,22,23,25)/t18-/m1/s1. The number of ether oxygens (including phenoxy) is 2. The lowest BCUT2D eigenvalue weighted by Gasteiger charge is -2.33. The van der Waals surface area contributed by atoms with Crippen molar-refractivity contribution in [3.8, 4) is 0 Å². The Labute approximate surface area is 191 Å². The van der Waals surface area contributed by atoms with E-state index in [1.165, 1.54) is 0 Å². The van der Waals surface area contributed by atoms with E-state index in [2.05, 4.69) is 54.8 Å². The van der Waals surface area contributed by atoms with Gasteiger partial charge in [0.25, 0.3) is 0 Å². The molecule has 0 spiro atoms. The molecule has 0 amide bonds. The van der Waals surface area contributed by atoms with Gasteiger partial charge in [0.05, 0.1) is 13.2 Å². The number of rotatable bonds is 9. The number of piperidine rings is 1. The van der Waals surface area contributed by atoms with Crippen LogP contribution in [0.5, 0.6) is 0 Å². The Bertz CT molecular complexity index is 852. The van der Waals surface area contributed by atoms with Crippen LogP contribution in [0, 0.1) is 0 Å². The first-order valence-electron chi connectivity index (χ1n) is 11.6. The van der Waals surface area contributed by atoms with E-state index < -0.39 is 8.07 Å². The fourth-order valence-corrected chi connectivity index (χ4v) is 4.66. The van der Waals surface area contributed by atoms with E-state index in [0.29, 0.717) is 6.73 Å². The molecule has 2 aromatic rings. The molecule has 0 saturated carbocycles. The van der Waals surface area contributed by atoms with Gasteiger partial charge in [0.2, 0.25) is 5.95 Å². The Morgan fingerprint density at radius 1 is 1.12 bits per heavy atom. The van der Waals surface area contributed by atoms with Crippen molar-refractivity contribution < 1.29 is 9.47 Å². The lowest BCUT2D eigenvalue weighted by molar-refractivity contribution is 0.0784. The molecule has 0 unspecified atom stereocenters. The summed E-state index contributed by atoms with van der Waals surface area (Å²) in [5.74, 6) is 2.58. The van der Waals surface area contributed by atoms with Crippen LogP contribution in [0.25, 0.3) is 0 Å². The largest absolute Gasteiger partial charge is 0.378 e. The molecule has 2 aromatic heterocycles. The van der Waals surface area contributed by atoms with E-state index >= 15 is 0 Å². The Morgan fingerprint density at radius 3 is 2.78 bits per heavy atom. The maximum Gasteiger partial charge on any atom is 0.244 e. The number of anilines is 3. The number of morpholine rings is 1. The SMILES string of the molecule is C[Si](C)(C)CCOCn1cnc(N2CCC[C@@H](Nc3cc(N4CCOCC4)ncn3)C2)n1. The number of hydrogen-bond acceptors (Lipinski definition) is 9. The zero-order valence-corrected chi connectivity index (χ0v) is 20.5. The van der Waals surface area contributed by atoms with E-state index in [1.807, 2.05) is 6.07 Å². The van der Waals surface area contributed by atoms with Crippen molar-refractivity contribution in [2.45, 2.75) is 51.3 Å². The summed E-state index contributed by atoms with van der Waals surface area (Å²) < 4.78 is 13.0. The van der Waals surface area contributed by atoms with Crippen molar-refractivity contribution in [1.29, 1.82) is 0 Å². The smallest absolute Gasteiger partial charge is 0.244 e. The molecular formula is C21H36N8O2Si. The van der Waals surface area contributed by atoms with Crippen LogP contribution in [0.15, 0.2) is 18.7 Å². The zero-order chi connectivity index (χ0) is 22.4. The average molecular weight is 461 g/mol. The molecule has 0 aromatic carbocycles.